The Morgan fingerprint density at radius 3 is 2.58 bits per heavy atom. The Kier molecular flexibility index (Phi) is 4.94. The summed E-state index contributed by atoms with van der Waals surface area (Å²) in [6.07, 6.45) is 4.76. The maximum absolute atomic E-state index is 11.2. The molecule has 0 bridgehead atoms. The van der Waals surface area contributed by atoms with Crippen LogP contribution in [0.3, 0.4) is 0 Å². The molecule has 0 N–H and O–H groups in total. The SMILES string of the molecule is C#CCN(C(=O)OCC)C(C)C. The Bertz CT molecular complexity index is 181. The second-order valence-electron chi connectivity index (χ2n) is 2.62. The molecule has 0 saturated heterocycles. The summed E-state index contributed by atoms with van der Waals surface area (Å²) in [5.41, 5.74) is 0. The van der Waals surface area contributed by atoms with E-state index in [-0.39, 0.29) is 12.1 Å². The van der Waals surface area contributed by atoms with E-state index >= 15 is 0 Å². The minimum atomic E-state index is -0.342. The van der Waals surface area contributed by atoms with Gasteiger partial charge in [0.2, 0.25) is 0 Å². The van der Waals surface area contributed by atoms with Crippen LogP contribution in [0.15, 0.2) is 0 Å². The summed E-state index contributed by atoms with van der Waals surface area (Å²) in [7, 11) is 0. The molecule has 0 fully saturated rings. The molecule has 0 saturated carbocycles. The Hall–Kier alpha value is -1.17. The lowest BCUT2D eigenvalue weighted by Gasteiger charge is -2.23. The molecule has 68 valence electrons. The van der Waals surface area contributed by atoms with E-state index in [0.717, 1.165) is 0 Å². The van der Waals surface area contributed by atoms with Crippen molar-refractivity contribution in [2.45, 2.75) is 26.8 Å². The fourth-order valence-corrected chi connectivity index (χ4v) is 0.763. The molecular formula is C9H15NO2. The first kappa shape index (κ1) is 10.8. The quantitative estimate of drug-likeness (QED) is 0.599. The summed E-state index contributed by atoms with van der Waals surface area (Å²) in [6.45, 7) is 6.25. The highest BCUT2D eigenvalue weighted by molar-refractivity contribution is 5.68. The average Bonchev–Trinajstić information content (AvgIpc) is 1.99. The molecule has 0 unspecified atom stereocenters. The third-order valence-electron chi connectivity index (χ3n) is 1.39. The second kappa shape index (κ2) is 5.48. The molecule has 0 rings (SSSR count). The second-order valence-corrected chi connectivity index (χ2v) is 2.62. The van der Waals surface area contributed by atoms with Gasteiger partial charge in [-0.15, -0.1) is 6.42 Å². The Morgan fingerprint density at radius 1 is 1.67 bits per heavy atom. The van der Waals surface area contributed by atoms with E-state index in [9.17, 15) is 4.79 Å². The number of ether oxygens (including phenoxy) is 1. The van der Waals surface area contributed by atoms with Gasteiger partial charge in [-0.25, -0.2) is 4.79 Å². The first-order valence-electron chi connectivity index (χ1n) is 4.00. The predicted molar refractivity (Wildman–Crippen MR) is 47.7 cm³/mol. The highest BCUT2D eigenvalue weighted by Gasteiger charge is 2.15. The van der Waals surface area contributed by atoms with Gasteiger partial charge in [0.05, 0.1) is 13.2 Å². The topological polar surface area (TPSA) is 29.5 Å². The number of amides is 1. The maximum atomic E-state index is 11.2. The number of carbonyl (C=O) groups is 1. The number of terminal acetylenes is 1. The van der Waals surface area contributed by atoms with Gasteiger partial charge in [-0.1, -0.05) is 5.92 Å². The van der Waals surface area contributed by atoms with Gasteiger partial charge in [0.1, 0.15) is 0 Å². The Labute approximate surface area is 73.7 Å². The summed E-state index contributed by atoms with van der Waals surface area (Å²) in [4.78, 5) is 12.7. The van der Waals surface area contributed by atoms with Gasteiger partial charge in [0, 0.05) is 6.04 Å². The first-order chi connectivity index (χ1) is 5.63. The van der Waals surface area contributed by atoms with Crippen LogP contribution in [0.5, 0.6) is 0 Å². The summed E-state index contributed by atoms with van der Waals surface area (Å²) in [6, 6.07) is 0.0834. The van der Waals surface area contributed by atoms with Crippen LogP contribution in [0.1, 0.15) is 20.8 Å². The van der Waals surface area contributed by atoms with E-state index in [2.05, 4.69) is 5.92 Å². The minimum absolute atomic E-state index is 0.0834. The van der Waals surface area contributed by atoms with Crippen molar-refractivity contribution >= 4 is 6.09 Å². The molecule has 0 atom stereocenters. The molecule has 0 radical (unpaired) electrons. The Balaban J connectivity index is 4.11. The number of hydrogen-bond acceptors (Lipinski definition) is 2. The van der Waals surface area contributed by atoms with Crippen molar-refractivity contribution in [3.05, 3.63) is 0 Å². The van der Waals surface area contributed by atoms with Crippen LogP contribution in [-0.2, 0) is 4.74 Å². The average molecular weight is 169 g/mol. The van der Waals surface area contributed by atoms with Gasteiger partial charge in [-0.2, -0.15) is 0 Å². The fourth-order valence-electron chi connectivity index (χ4n) is 0.763. The van der Waals surface area contributed by atoms with Crippen molar-refractivity contribution in [1.29, 1.82) is 0 Å². The number of hydrogen-bond donors (Lipinski definition) is 0. The van der Waals surface area contributed by atoms with Crippen LogP contribution < -0.4 is 0 Å². The van der Waals surface area contributed by atoms with E-state index in [1.54, 1.807) is 6.92 Å². The third kappa shape index (κ3) is 3.29. The van der Waals surface area contributed by atoms with E-state index in [0.29, 0.717) is 13.2 Å². The number of nitrogens with zero attached hydrogens (tertiary/aromatic N) is 1. The molecule has 0 aliphatic rings. The smallest absolute Gasteiger partial charge is 0.410 e. The molecule has 12 heavy (non-hydrogen) atoms. The summed E-state index contributed by atoms with van der Waals surface area (Å²) >= 11 is 0. The van der Waals surface area contributed by atoms with Crippen molar-refractivity contribution < 1.29 is 9.53 Å². The molecule has 3 nitrogen and oxygen atoms in total. The van der Waals surface area contributed by atoms with Gasteiger partial charge >= 0.3 is 6.09 Å². The lowest BCUT2D eigenvalue weighted by atomic mass is 10.3. The van der Waals surface area contributed by atoms with Crippen molar-refractivity contribution in [3.8, 4) is 12.3 Å². The number of rotatable bonds is 3. The van der Waals surface area contributed by atoms with Crippen molar-refractivity contribution in [2.75, 3.05) is 13.2 Å². The summed E-state index contributed by atoms with van der Waals surface area (Å²) in [5.74, 6) is 2.41. The molecule has 1 amide bonds. The molecule has 0 aliphatic heterocycles. The molecule has 0 spiro atoms. The standard InChI is InChI=1S/C9H15NO2/c1-5-7-10(8(3)4)9(11)12-6-2/h1,8H,6-7H2,2-4H3. The molecule has 0 heterocycles. The van der Waals surface area contributed by atoms with Gasteiger partial charge in [0.15, 0.2) is 0 Å². The number of carbonyl (C=O) groups excluding carboxylic acids is 1. The lowest BCUT2D eigenvalue weighted by Crippen LogP contribution is -2.37. The van der Waals surface area contributed by atoms with Gasteiger partial charge in [-0.3, -0.25) is 4.90 Å². The largest absolute Gasteiger partial charge is 0.450 e. The van der Waals surface area contributed by atoms with Gasteiger partial charge in [-0.05, 0) is 20.8 Å². The van der Waals surface area contributed by atoms with E-state index in [4.69, 9.17) is 11.2 Å². The summed E-state index contributed by atoms with van der Waals surface area (Å²) < 4.78 is 4.81. The van der Waals surface area contributed by atoms with Crippen LogP contribution in [-0.4, -0.2) is 30.2 Å². The Morgan fingerprint density at radius 2 is 2.25 bits per heavy atom. The predicted octanol–water partition coefficient (Wildman–Crippen LogP) is 1.49. The molecule has 3 heteroatoms. The highest BCUT2D eigenvalue weighted by Crippen LogP contribution is 2.00. The fraction of sp³-hybridized carbons (Fsp3) is 0.667. The maximum Gasteiger partial charge on any atom is 0.410 e. The van der Waals surface area contributed by atoms with E-state index in [1.165, 1.54) is 4.90 Å². The van der Waals surface area contributed by atoms with Crippen LogP contribution >= 0.6 is 0 Å². The molecule has 0 aliphatic carbocycles. The van der Waals surface area contributed by atoms with E-state index in [1.807, 2.05) is 13.8 Å². The summed E-state index contributed by atoms with van der Waals surface area (Å²) in [5, 5.41) is 0. The van der Waals surface area contributed by atoms with Crippen molar-refractivity contribution in [1.82, 2.24) is 4.90 Å². The normalized spacial score (nSPS) is 9.25. The van der Waals surface area contributed by atoms with Crippen LogP contribution in [0.2, 0.25) is 0 Å². The van der Waals surface area contributed by atoms with Crippen molar-refractivity contribution in [3.63, 3.8) is 0 Å². The van der Waals surface area contributed by atoms with Crippen LogP contribution in [0, 0.1) is 12.3 Å². The van der Waals surface area contributed by atoms with Crippen LogP contribution in [0.4, 0.5) is 4.79 Å². The molecular weight excluding hydrogens is 154 g/mol. The molecule has 0 aromatic rings. The zero-order valence-electron chi connectivity index (χ0n) is 7.83. The monoisotopic (exact) mass is 169 g/mol. The zero-order valence-corrected chi connectivity index (χ0v) is 7.83. The van der Waals surface area contributed by atoms with Crippen LogP contribution in [0.25, 0.3) is 0 Å². The van der Waals surface area contributed by atoms with Crippen molar-refractivity contribution in [2.24, 2.45) is 0 Å². The van der Waals surface area contributed by atoms with Gasteiger partial charge < -0.3 is 4.74 Å². The highest BCUT2D eigenvalue weighted by atomic mass is 16.6. The zero-order chi connectivity index (χ0) is 9.56. The van der Waals surface area contributed by atoms with E-state index < -0.39 is 0 Å². The molecule has 0 aromatic carbocycles. The van der Waals surface area contributed by atoms with Gasteiger partial charge in [0.25, 0.3) is 0 Å². The minimum Gasteiger partial charge on any atom is -0.450 e. The first-order valence-corrected chi connectivity index (χ1v) is 4.00. The third-order valence-corrected chi connectivity index (χ3v) is 1.39. The lowest BCUT2D eigenvalue weighted by molar-refractivity contribution is 0.102. The molecule has 0 aromatic heterocycles.